The average Bonchev–Trinajstić information content (AvgIpc) is 2.82. The molecule has 7 heteroatoms. The van der Waals surface area contributed by atoms with Gasteiger partial charge in [-0.2, -0.15) is 5.10 Å². The van der Waals surface area contributed by atoms with Crippen LogP contribution in [-0.2, 0) is 0 Å². The van der Waals surface area contributed by atoms with Gasteiger partial charge in [-0.05, 0) is 12.8 Å². The number of nitrogens with two attached hydrogens (primary N) is 1. The second kappa shape index (κ2) is 3.60. The van der Waals surface area contributed by atoms with Crippen LogP contribution in [0.3, 0.4) is 0 Å². The van der Waals surface area contributed by atoms with Crippen molar-refractivity contribution in [3.63, 3.8) is 0 Å². The number of aromatic amines is 1. The number of carbonyl (C=O) groups excluding carboxylic acids is 1. The predicted octanol–water partition coefficient (Wildman–Crippen LogP) is -0.0223. The molecule has 80 valence electrons. The van der Waals surface area contributed by atoms with Gasteiger partial charge in [-0.1, -0.05) is 0 Å². The summed E-state index contributed by atoms with van der Waals surface area (Å²) in [6.07, 6.45) is 3.45. The third kappa shape index (κ3) is 2.25. The minimum atomic E-state index is -0.302. The molecule has 0 spiro atoms. The monoisotopic (exact) mass is 208 g/mol. The summed E-state index contributed by atoms with van der Waals surface area (Å²) in [4.78, 5) is 11.4. The number of nitrogens with zero attached hydrogens (tertiary/aromatic N) is 1. The Hall–Kier alpha value is -2.05. The van der Waals surface area contributed by atoms with Crippen LogP contribution in [0.4, 0.5) is 10.6 Å². The Morgan fingerprint density at radius 2 is 2.40 bits per heavy atom. The fourth-order valence-electron chi connectivity index (χ4n) is 1.15. The van der Waals surface area contributed by atoms with Crippen LogP contribution in [0.5, 0.6) is 0 Å². The smallest absolute Gasteiger partial charge is 0.320 e. The molecule has 2 rings (SSSR count). The molecule has 0 bridgehead atoms. The summed E-state index contributed by atoms with van der Waals surface area (Å²) in [5, 5.41) is 18.8. The molecule has 0 aliphatic heterocycles. The molecule has 7 nitrogen and oxygen atoms in total. The van der Waals surface area contributed by atoms with Crippen molar-refractivity contribution in [3.8, 4) is 0 Å². The molecule has 2 amide bonds. The Balaban J connectivity index is 1.99. The largest absolute Gasteiger partial charge is 0.384 e. The average molecular weight is 208 g/mol. The first-order valence-corrected chi connectivity index (χ1v) is 4.62. The molecule has 0 atom stereocenters. The summed E-state index contributed by atoms with van der Waals surface area (Å²) in [5.74, 6) is 0.214. The Bertz CT molecular complexity index is 394. The van der Waals surface area contributed by atoms with Crippen molar-refractivity contribution in [2.45, 2.75) is 18.9 Å². The fourth-order valence-corrected chi connectivity index (χ4v) is 1.15. The minimum Gasteiger partial charge on any atom is -0.384 e. The van der Waals surface area contributed by atoms with E-state index in [2.05, 4.69) is 20.8 Å². The van der Waals surface area contributed by atoms with Gasteiger partial charge in [0.05, 0.1) is 11.8 Å². The Labute approximate surface area is 85.9 Å². The number of anilines is 1. The van der Waals surface area contributed by atoms with Gasteiger partial charge in [0.25, 0.3) is 0 Å². The van der Waals surface area contributed by atoms with Crippen molar-refractivity contribution in [3.05, 3.63) is 11.8 Å². The highest BCUT2D eigenvalue weighted by Gasteiger charge is 2.23. The number of H-pyrrole nitrogens is 1. The van der Waals surface area contributed by atoms with Gasteiger partial charge < -0.3 is 11.1 Å². The van der Waals surface area contributed by atoms with E-state index in [1.54, 1.807) is 0 Å². The zero-order chi connectivity index (χ0) is 10.8. The van der Waals surface area contributed by atoms with Crippen molar-refractivity contribution in [2.75, 3.05) is 5.32 Å². The van der Waals surface area contributed by atoms with Crippen LogP contribution in [0.1, 0.15) is 18.4 Å². The van der Waals surface area contributed by atoms with Crippen LogP contribution < -0.4 is 16.4 Å². The molecule has 0 unspecified atom stereocenters. The molecule has 1 heterocycles. The van der Waals surface area contributed by atoms with Crippen LogP contribution in [0.25, 0.3) is 0 Å². The van der Waals surface area contributed by atoms with Crippen LogP contribution in [0.15, 0.2) is 6.20 Å². The highest BCUT2D eigenvalue weighted by Crippen LogP contribution is 2.19. The molecular weight excluding hydrogens is 196 g/mol. The quantitative estimate of drug-likeness (QED) is 0.354. The van der Waals surface area contributed by atoms with Crippen LogP contribution in [-0.4, -0.2) is 28.1 Å². The molecular formula is C8H12N6O. The first kappa shape index (κ1) is 9.50. The second-order valence-corrected chi connectivity index (χ2v) is 3.45. The lowest BCUT2D eigenvalue weighted by molar-refractivity contribution is 0.251. The van der Waals surface area contributed by atoms with E-state index >= 15 is 0 Å². The number of urea groups is 1. The number of amides is 2. The van der Waals surface area contributed by atoms with E-state index in [4.69, 9.17) is 11.1 Å². The van der Waals surface area contributed by atoms with Crippen molar-refractivity contribution in [2.24, 2.45) is 5.73 Å². The molecule has 6 N–H and O–H groups in total. The predicted molar refractivity (Wildman–Crippen MR) is 54.8 cm³/mol. The van der Waals surface area contributed by atoms with Crippen LogP contribution >= 0.6 is 0 Å². The highest BCUT2D eigenvalue weighted by molar-refractivity contribution is 6.02. The summed E-state index contributed by atoms with van der Waals surface area (Å²) in [7, 11) is 0. The number of carbonyl (C=O) groups is 1. The van der Waals surface area contributed by atoms with Gasteiger partial charge in [-0.3, -0.25) is 15.8 Å². The number of nitrogen functional groups attached to an aromatic ring is 1. The summed E-state index contributed by atoms with van der Waals surface area (Å²) < 4.78 is 0. The molecule has 1 fully saturated rings. The van der Waals surface area contributed by atoms with Crippen molar-refractivity contribution < 1.29 is 4.79 Å². The van der Waals surface area contributed by atoms with Gasteiger partial charge >= 0.3 is 6.03 Å². The van der Waals surface area contributed by atoms with Gasteiger partial charge in [0.15, 0.2) is 0 Å². The van der Waals surface area contributed by atoms with E-state index in [1.165, 1.54) is 6.20 Å². The first-order valence-electron chi connectivity index (χ1n) is 4.62. The van der Waals surface area contributed by atoms with Crippen molar-refractivity contribution in [1.82, 2.24) is 15.5 Å². The molecule has 1 aromatic rings. The fraction of sp³-hybridized carbons (Fsp3) is 0.375. The summed E-state index contributed by atoms with van der Waals surface area (Å²) >= 11 is 0. The number of aromatic nitrogens is 2. The van der Waals surface area contributed by atoms with Crippen molar-refractivity contribution in [1.29, 1.82) is 5.41 Å². The maximum absolute atomic E-state index is 11.4. The summed E-state index contributed by atoms with van der Waals surface area (Å²) in [6.45, 7) is 0. The Morgan fingerprint density at radius 3 is 3.00 bits per heavy atom. The van der Waals surface area contributed by atoms with Crippen LogP contribution in [0, 0.1) is 5.41 Å². The van der Waals surface area contributed by atoms with Crippen LogP contribution in [0.2, 0.25) is 0 Å². The molecule has 15 heavy (non-hydrogen) atoms. The van der Waals surface area contributed by atoms with Gasteiger partial charge in [-0.15, -0.1) is 0 Å². The van der Waals surface area contributed by atoms with E-state index < -0.39 is 0 Å². The summed E-state index contributed by atoms with van der Waals surface area (Å²) in [5.41, 5.74) is 5.69. The third-order valence-electron chi connectivity index (χ3n) is 2.08. The van der Waals surface area contributed by atoms with E-state index in [9.17, 15) is 4.79 Å². The SMILES string of the molecule is N=C(N)c1cn[nH]c1NC(=O)NC1CC1. The molecule has 0 aromatic carbocycles. The molecule has 1 saturated carbocycles. The number of rotatable bonds is 3. The van der Waals surface area contributed by atoms with E-state index in [-0.39, 0.29) is 17.9 Å². The molecule has 0 radical (unpaired) electrons. The number of hydrogen-bond acceptors (Lipinski definition) is 3. The molecule has 1 aromatic heterocycles. The van der Waals surface area contributed by atoms with E-state index in [0.717, 1.165) is 12.8 Å². The topological polar surface area (TPSA) is 120 Å². The molecule has 1 aliphatic carbocycles. The number of hydrogen-bond donors (Lipinski definition) is 5. The zero-order valence-electron chi connectivity index (χ0n) is 8.00. The maximum atomic E-state index is 11.4. The van der Waals surface area contributed by atoms with Gasteiger partial charge in [0.2, 0.25) is 0 Å². The normalized spacial score (nSPS) is 14.7. The van der Waals surface area contributed by atoms with Gasteiger partial charge in [-0.25, -0.2) is 4.79 Å². The van der Waals surface area contributed by atoms with Crippen molar-refractivity contribution >= 4 is 17.7 Å². The third-order valence-corrected chi connectivity index (χ3v) is 2.08. The summed E-state index contributed by atoms with van der Waals surface area (Å²) in [6, 6.07) is -0.0158. The van der Waals surface area contributed by atoms with E-state index in [1.807, 2.05) is 0 Å². The lowest BCUT2D eigenvalue weighted by Gasteiger charge is -2.05. The van der Waals surface area contributed by atoms with Gasteiger partial charge in [0.1, 0.15) is 11.7 Å². The lowest BCUT2D eigenvalue weighted by atomic mass is 10.3. The number of amidine groups is 1. The number of nitrogens with one attached hydrogen (secondary N) is 4. The van der Waals surface area contributed by atoms with Gasteiger partial charge in [0, 0.05) is 6.04 Å². The molecule has 1 aliphatic rings. The first-order chi connectivity index (χ1) is 7.16. The van der Waals surface area contributed by atoms with E-state index in [0.29, 0.717) is 11.4 Å². The highest BCUT2D eigenvalue weighted by atomic mass is 16.2. The maximum Gasteiger partial charge on any atom is 0.320 e. The minimum absolute atomic E-state index is 0.134. The lowest BCUT2D eigenvalue weighted by Crippen LogP contribution is -2.31. The molecule has 0 saturated heterocycles. The zero-order valence-corrected chi connectivity index (χ0v) is 8.00. The Kier molecular flexibility index (Phi) is 2.28. The standard InChI is InChI=1S/C8H12N6O/c9-6(10)5-3-11-14-7(5)13-8(15)12-4-1-2-4/h3-4H,1-2H2,(H3,9,10)(H3,11,12,13,14,15). The Morgan fingerprint density at radius 1 is 1.67 bits per heavy atom. The second-order valence-electron chi connectivity index (χ2n) is 3.45.